The van der Waals surface area contributed by atoms with Gasteiger partial charge in [0.1, 0.15) is 6.61 Å². The summed E-state index contributed by atoms with van der Waals surface area (Å²) < 4.78 is 4.72. The maximum absolute atomic E-state index is 11.7. The number of nitrogens with one attached hydrogen (secondary N) is 2. The van der Waals surface area contributed by atoms with Gasteiger partial charge in [-0.15, -0.1) is 0 Å². The monoisotopic (exact) mass is 262 g/mol. The maximum Gasteiger partial charge on any atom is 0.407 e. The molecule has 5 heteroatoms. The van der Waals surface area contributed by atoms with Crippen LogP contribution in [0.3, 0.4) is 0 Å². The fourth-order valence-electron chi connectivity index (χ4n) is 1.41. The maximum atomic E-state index is 11.7. The quantitative estimate of drug-likeness (QED) is 0.605. The number of ether oxygens (including phenoxy) is 1. The predicted octanol–water partition coefficient (Wildman–Crippen LogP) is 1.64. The molecule has 2 amide bonds. The van der Waals surface area contributed by atoms with E-state index in [1.807, 2.05) is 19.1 Å². The van der Waals surface area contributed by atoms with Gasteiger partial charge in [0.05, 0.1) is 0 Å². The molecule has 0 aromatic heterocycles. The van der Waals surface area contributed by atoms with Gasteiger partial charge in [-0.05, 0) is 19.1 Å². The Morgan fingerprint density at radius 3 is 2.74 bits per heavy atom. The number of aryl methyl sites for hydroxylation is 1. The molecule has 0 spiro atoms. The van der Waals surface area contributed by atoms with E-state index in [2.05, 4.69) is 17.2 Å². The highest BCUT2D eigenvalue weighted by Gasteiger charge is 2.05. The van der Waals surface area contributed by atoms with Crippen molar-refractivity contribution in [3.8, 4) is 0 Å². The van der Waals surface area contributed by atoms with Gasteiger partial charge in [0.25, 0.3) is 5.91 Å². The Morgan fingerprint density at radius 1 is 1.32 bits per heavy atom. The Hall–Kier alpha value is -2.30. The van der Waals surface area contributed by atoms with Crippen LogP contribution in [0, 0.1) is 6.92 Å². The van der Waals surface area contributed by atoms with Crippen molar-refractivity contribution < 1.29 is 14.3 Å². The Kier molecular flexibility index (Phi) is 6.15. The van der Waals surface area contributed by atoms with Crippen LogP contribution in [0.2, 0.25) is 0 Å². The van der Waals surface area contributed by atoms with E-state index >= 15 is 0 Å². The van der Waals surface area contributed by atoms with E-state index < -0.39 is 6.09 Å². The molecule has 0 saturated carbocycles. The van der Waals surface area contributed by atoms with Gasteiger partial charge in [-0.2, -0.15) is 0 Å². The summed E-state index contributed by atoms with van der Waals surface area (Å²) in [5, 5.41) is 5.22. The molecule has 19 heavy (non-hydrogen) atoms. The van der Waals surface area contributed by atoms with Crippen LogP contribution in [-0.2, 0) is 4.74 Å². The van der Waals surface area contributed by atoms with Crippen molar-refractivity contribution in [3.63, 3.8) is 0 Å². The van der Waals surface area contributed by atoms with E-state index in [4.69, 9.17) is 4.74 Å². The molecule has 0 aliphatic rings. The Labute approximate surface area is 112 Å². The summed E-state index contributed by atoms with van der Waals surface area (Å²) in [6.07, 6.45) is 0.962. The number of rotatable bonds is 6. The van der Waals surface area contributed by atoms with Crippen LogP contribution in [0.15, 0.2) is 36.9 Å². The van der Waals surface area contributed by atoms with Crippen LogP contribution in [0.25, 0.3) is 0 Å². The fraction of sp³-hybridized carbons (Fsp3) is 0.286. The molecule has 2 N–H and O–H groups in total. The molecule has 0 radical (unpaired) electrons. The first kappa shape index (κ1) is 14.8. The summed E-state index contributed by atoms with van der Waals surface area (Å²) in [6, 6.07) is 7.30. The lowest BCUT2D eigenvalue weighted by Gasteiger charge is -2.07. The SMILES string of the molecule is C=CCOC(=O)NCCNC(=O)c1cccc(C)c1. The van der Waals surface area contributed by atoms with Crippen molar-refractivity contribution >= 4 is 12.0 Å². The Morgan fingerprint density at radius 2 is 2.05 bits per heavy atom. The van der Waals surface area contributed by atoms with Gasteiger partial charge in [0.15, 0.2) is 0 Å². The van der Waals surface area contributed by atoms with E-state index in [1.54, 1.807) is 12.1 Å². The molecule has 1 rings (SSSR count). The molecular formula is C14H18N2O3. The van der Waals surface area contributed by atoms with Gasteiger partial charge in [0.2, 0.25) is 0 Å². The highest BCUT2D eigenvalue weighted by Crippen LogP contribution is 2.03. The lowest BCUT2D eigenvalue weighted by Crippen LogP contribution is -2.35. The molecule has 0 aliphatic heterocycles. The molecule has 0 saturated heterocycles. The minimum atomic E-state index is -0.523. The van der Waals surface area contributed by atoms with Gasteiger partial charge in [-0.3, -0.25) is 4.79 Å². The average molecular weight is 262 g/mol. The van der Waals surface area contributed by atoms with Gasteiger partial charge in [-0.25, -0.2) is 4.79 Å². The molecule has 0 atom stereocenters. The summed E-state index contributed by atoms with van der Waals surface area (Å²) in [6.45, 7) is 6.18. The van der Waals surface area contributed by atoms with E-state index in [-0.39, 0.29) is 12.5 Å². The van der Waals surface area contributed by atoms with Crippen molar-refractivity contribution in [1.29, 1.82) is 0 Å². The second-order valence-corrected chi connectivity index (χ2v) is 3.94. The third kappa shape index (κ3) is 5.72. The highest BCUT2D eigenvalue weighted by molar-refractivity contribution is 5.94. The molecule has 1 aromatic rings. The lowest BCUT2D eigenvalue weighted by atomic mass is 10.1. The van der Waals surface area contributed by atoms with Gasteiger partial charge in [0, 0.05) is 18.7 Å². The van der Waals surface area contributed by atoms with Crippen molar-refractivity contribution in [2.75, 3.05) is 19.7 Å². The largest absolute Gasteiger partial charge is 0.445 e. The van der Waals surface area contributed by atoms with Crippen molar-refractivity contribution in [1.82, 2.24) is 10.6 Å². The zero-order valence-electron chi connectivity index (χ0n) is 10.9. The molecule has 0 unspecified atom stereocenters. The smallest absolute Gasteiger partial charge is 0.407 e. The zero-order chi connectivity index (χ0) is 14.1. The summed E-state index contributed by atoms with van der Waals surface area (Å²) in [7, 11) is 0. The van der Waals surface area contributed by atoms with E-state index in [0.717, 1.165) is 5.56 Å². The second-order valence-electron chi connectivity index (χ2n) is 3.94. The zero-order valence-corrected chi connectivity index (χ0v) is 10.9. The summed E-state index contributed by atoms with van der Waals surface area (Å²) >= 11 is 0. The minimum Gasteiger partial charge on any atom is -0.445 e. The van der Waals surface area contributed by atoms with Crippen LogP contribution in [-0.4, -0.2) is 31.7 Å². The fourth-order valence-corrected chi connectivity index (χ4v) is 1.41. The number of carbonyl (C=O) groups is 2. The minimum absolute atomic E-state index is 0.162. The molecule has 0 heterocycles. The number of amides is 2. The first-order valence-electron chi connectivity index (χ1n) is 6.00. The molecule has 102 valence electrons. The number of benzene rings is 1. The van der Waals surface area contributed by atoms with Crippen LogP contribution in [0.4, 0.5) is 4.79 Å². The number of carbonyl (C=O) groups excluding carboxylic acids is 2. The first-order valence-corrected chi connectivity index (χ1v) is 6.00. The summed E-state index contributed by atoms with van der Waals surface area (Å²) in [5.74, 6) is -0.162. The first-order chi connectivity index (χ1) is 9.13. The molecule has 0 bridgehead atoms. The Balaban J connectivity index is 2.24. The molecule has 0 aliphatic carbocycles. The summed E-state index contributed by atoms with van der Waals surface area (Å²) in [5.41, 5.74) is 1.63. The van der Waals surface area contributed by atoms with Crippen molar-refractivity contribution in [3.05, 3.63) is 48.0 Å². The topological polar surface area (TPSA) is 67.4 Å². The van der Waals surface area contributed by atoms with E-state index in [9.17, 15) is 9.59 Å². The van der Waals surface area contributed by atoms with E-state index in [1.165, 1.54) is 6.08 Å². The number of alkyl carbamates (subject to hydrolysis) is 1. The van der Waals surface area contributed by atoms with Crippen LogP contribution >= 0.6 is 0 Å². The Bertz CT molecular complexity index is 458. The van der Waals surface area contributed by atoms with Gasteiger partial charge < -0.3 is 15.4 Å². The lowest BCUT2D eigenvalue weighted by molar-refractivity contribution is 0.0952. The molecular weight excluding hydrogens is 244 g/mol. The normalized spacial score (nSPS) is 9.53. The molecule has 0 fully saturated rings. The summed E-state index contributed by atoms with van der Waals surface area (Å²) in [4.78, 5) is 22.8. The van der Waals surface area contributed by atoms with Crippen LogP contribution in [0.5, 0.6) is 0 Å². The highest BCUT2D eigenvalue weighted by atomic mass is 16.5. The van der Waals surface area contributed by atoms with Crippen LogP contribution in [0.1, 0.15) is 15.9 Å². The third-order valence-corrected chi connectivity index (χ3v) is 2.29. The number of hydrogen-bond donors (Lipinski definition) is 2. The number of hydrogen-bond acceptors (Lipinski definition) is 3. The molecule has 5 nitrogen and oxygen atoms in total. The molecule has 1 aromatic carbocycles. The van der Waals surface area contributed by atoms with Crippen LogP contribution < -0.4 is 10.6 Å². The third-order valence-electron chi connectivity index (χ3n) is 2.29. The average Bonchev–Trinajstić information content (AvgIpc) is 2.41. The standard InChI is InChI=1S/C14H18N2O3/c1-3-9-19-14(18)16-8-7-15-13(17)12-6-4-5-11(2)10-12/h3-6,10H,1,7-9H2,2H3,(H,15,17)(H,16,18). The van der Waals surface area contributed by atoms with Gasteiger partial charge in [-0.1, -0.05) is 30.4 Å². The van der Waals surface area contributed by atoms with Gasteiger partial charge >= 0.3 is 6.09 Å². The second kappa shape index (κ2) is 7.92. The van der Waals surface area contributed by atoms with Crippen molar-refractivity contribution in [2.45, 2.75) is 6.92 Å². The van der Waals surface area contributed by atoms with Crippen molar-refractivity contribution in [2.24, 2.45) is 0 Å². The predicted molar refractivity (Wildman–Crippen MR) is 73.1 cm³/mol. The van der Waals surface area contributed by atoms with E-state index in [0.29, 0.717) is 18.7 Å².